The van der Waals surface area contributed by atoms with E-state index in [-0.39, 0.29) is 18.2 Å². The molecule has 1 heterocycles. The third-order valence-electron chi connectivity index (χ3n) is 1.98. The number of hydrogen-bond donors (Lipinski definition) is 0. The van der Waals surface area contributed by atoms with E-state index in [1.807, 2.05) is 6.92 Å². The standard InChI is InChI=1S/C9H16O3/c1-3-4-7(2)12-8-5-6-11-9(8)10/h7-8H,3-6H2,1-2H3. The lowest BCUT2D eigenvalue weighted by molar-refractivity contribution is -0.149. The van der Waals surface area contributed by atoms with Crippen molar-refractivity contribution < 1.29 is 14.3 Å². The molecule has 70 valence electrons. The van der Waals surface area contributed by atoms with Gasteiger partial charge in [0.05, 0.1) is 12.7 Å². The summed E-state index contributed by atoms with van der Waals surface area (Å²) in [4.78, 5) is 11.0. The largest absolute Gasteiger partial charge is 0.464 e. The van der Waals surface area contributed by atoms with E-state index >= 15 is 0 Å². The molecule has 0 aliphatic carbocycles. The Balaban J connectivity index is 2.25. The molecule has 3 heteroatoms. The number of rotatable bonds is 4. The van der Waals surface area contributed by atoms with Gasteiger partial charge in [-0.25, -0.2) is 4.79 Å². The molecule has 1 aliphatic heterocycles. The first-order valence-electron chi connectivity index (χ1n) is 4.56. The lowest BCUT2D eigenvalue weighted by Crippen LogP contribution is -2.23. The van der Waals surface area contributed by atoms with Crippen LogP contribution in [-0.4, -0.2) is 24.8 Å². The summed E-state index contributed by atoms with van der Waals surface area (Å²) in [6.07, 6.45) is 2.68. The molecule has 0 saturated carbocycles. The zero-order valence-electron chi connectivity index (χ0n) is 7.71. The fraction of sp³-hybridized carbons (Fsp3) is 0.889. The molecular weight excluding hydrogens is 156 g/mol. The summed E-state index contributed by atoms with van der Waals surface area (Å²) in [7, 11) is 0. The summed E-state index contributed by atoms with van der Waals surface area (Å²) in [6, 6.07) is 0. The first-order valence-corrected chi connectivity index (χ1v) is 4.56. The van der Waals surface area contributed by atoms with Crippen LogP contribution in [0.1, 0.15) is 33.1 Å². The molecular formula is C9H16O3. The van der Waals surface area contributed by atoms with Gasteiger partial charge in [-0.1, -0.05) is 13.3 Å². The van der Waals surface area contributed by atoms with Crippen molar-refractivity contribution in [1.29, 1.82) is 0 Å². The first kappa shape index (κ1) is 9.52. The second-order valence-electron chi connectivity index (χ2n) is 3.18. The Morgan fingerprint density at radius 1 is 1.75 bits per heavy atom. The average Bonchev–Trinajstić information content (AvgIpc) is 2.37. The minimum Gasteiger partial charge on any atom is -0.464 e. The van der Waals surface area contributed by atoms with Crippen LogP contribution in [0, 0.1) is 0 Å². The molecule has 0 aromatic heterocycles. The molecule has 1 saturated heterocycles. The molecule has 0 radical (unpaired) electrons. The average molecular weight is 172 g/mol. The predicted molar refractivity (Wildman–Crippen MR) is 44.8 cm³/mol. The van der Waals surface area contributed by atoms with Gasteiger partial charge >= 0.3 is 5.97 Å². The fourth-order valence-electron chi connectivity index (χ4n) is 1.36. The molecule has 0 amide bonds. The van der Waals surface area contributed by atoms with E-state index in [1.165, 1.54) is 0 Å². The molecule has 0 bridgehead atoms. The van der Waals surface area contributed by atoms with Crippen LogP contribution < -0.4 is 0 Å². The van der Waals surface area contributed by atoms with E-state index in [2.05, 4.69) is 6.92 Å². The minimum atomic E-state index is -0.299. The Kier molecular flexibility index (Phi) is 3.53. The zero-order chi connectivity index (χ0) is 8.97. The molecule has 0 aromatic rings. The van der Waals surface area contributed by atoms with E-state index in [1.54, 1.807) is 0 Å². The van der Waals surface area contributed by atoms with Crippen LogP contribution in [0.3, 0.4) is 0 Å². The van der Waals surface area contributed by atoms with Crippen LogP contribution in [0.5, 0.6) is 0 Å². The molecule has 1 rings (SSSR count). The number of ether oxygens (including phenoxy) is 2. The fourth-order valence-corrected chi connectivity index (χ4v) is 1.36. The number of esters is 1. The SMILES string of the molecule is CCCC(C)OC1CCOC1=O. The maximum atomic E-state index is 11.0. The van der Waals surface area contributed by atoms with Crippen molar-refractivity contribution >= 4 is 5.97 Å². The van der Waals surface area contributed by atoms with E-state index < -0.39 is 0 Å². The second-order valence-corrected chi connectivity index (χ2v) is 3.18. The van der Waals surface area contributed by atoms with Crippen LogP contribution in [0.15, 0.2) is 0 Å². The van der Waals surface area contributed by atoms with E-state index in [0.29, 0.717) is 13.0 Å². The predicted octanol–water partition coefficient (Wildman–Crippen LogP) is 1.51. The summed E-state index contributed by atoms with van der Waals surface area (Å²) < 4.78 is 10.3. The highest BCUT2D eigenvalue weighted by molar-refractivity contribution is 5.76. The quantitative estimate of drug-likeness (QED) is 0.603. The summed E-state index contributed by atoms with van der Waals surface area (Å²) >= 11 is 0. The Hall–Kier alpha value is -0.570. The van der Waals surface area contributed by atoms with E-state index in [4.69, 9.17) is 9.47 Å². The molecule has 2 unspecified atom stereocenters. The molecule has 1 fully saturated rings. The minimum absolute atomic E-state index is 0.172. The van der Waals surface area contributed by atoms with Crippen molar-refractivity contribution in [2.45, 2.75) is 45.3 Å². The highest BCUT2D eigenvalue weighted by Crippen LogP contribution is 2.14. The van der Waals surface area contributed by atoms with Crippen molar-refractivity contribution in [2.75, 3.05) is 6.61 Å². The maximum Gasteiger partial charge on any atom is 0.335 e. The van der Waals surface area contributed by atoms with Crippen LogP contribution >= 0.6 is 0 Å². The molecule has 0 N–H and O–H groups in total. The molecule has 2 atom stereocenters. The third kappa shape index (κ3) is 2.48. The van der Waals surface area contributed by atoms with Crippen LogP contribution in [-0.2, 0) is 14.3 Å². The van der Waals surface area contributed by atoms with Crippen molar-refractivity contribution in [3.63, 3.8) is 0 Å². The molecule has 12 heavy (non-hydrogen) atoms. The van der Waals surface area contributed by atoms with Gasteiger partial charge in [0.25, 0.3) is 0 Å². The summed E-state index contributed by atoms with van der Waals surface area (Å²) in [5.74, 6) is -0.196. The van der Waals surface area contributed by atoms with Crippen molar-refractivity contribution in [2.24, 2.45) is 0 Å². The number of hydrogen-bond acceptors (Lipinski definition) is 3. The van der Waals surface area contributed by atoms with Crippen molar-refractivity contribution in [3.8, 4) is 0 Å². The Labute approximate surface area is 73.0 Å². The lowest BCUT2D eigenvalue weighted by atomic mass is 10.2. The van der Waals surface area contributed by atoms with Crippen LogP contribution in [0.4, 0.5) is 0 Å². The molecule has 0 spiro atoms. The number of cyclic esters (lactones) is 1. The maximum absolute atomic E-state index is 11.0. The Morgan fingerprint density at radius 2 is 2.50 bits per heavy atom. The lowest BCUT2D eigenvalue weighted by Gasteiger charge is -2.14. The van der Waals surface area contributed by atoms with Gasteiger partial charge in [0.1, 0.15) is 0 Å². The molecule has 0 aromatic carbocycles. The summed E-state index contributed by atoms with van der Waals surface area (Å²) in [5, 5.41) is 0. The zero-order valence-corrected chi connectivity index (χ0v) is 7.71. The highest BCUT2D eigenvalue weighted by Gasteiger charge is 2.28. The van der Waals surface area contributed by atoms with Gasteiger partial charge < -0.3 is 9.47 Å². The Morgan fingerprint density at radius 3 is 3.00 bits per heavy atom. The second kappa shape index (κ2) is 4.45. The summed E-state index contributed by atoms with van der Waals surface area (Å²) in [5.41, 5.74) is 0. The van der Waals surface area contributed by atoms with Crippen molar-refractivity contribution in [3.05, 3.63) is 0 Å². The van der Waals surface area contributed by atoms with Crippen molar-refractivity contribution in [1.82, 2.24) is 0 Å². The number of carbonyl (C=O) groups is 1. The van der Waals surface area contributed by atoms with E-state index in [9.17, 15) is 4.79 Å². The van der Waals surface area contributed by atoms with Gasteiger partial charge in [-0.15, -0.1) is 0 Å². The van der Waals surface area contributed by atoms with Gasteiger partial charge in [-0.3, -0.25) is 0 Å². The van der Waals surface area contributed by atoms with Gasteiger partial charge in [-0.2, -0.15) is 0 Å². The Bertz CT molecular complexity index is 156. The number of carbonyl (C=O) groups excluding carboxylic acids is 1. The topological polar surface area (TPSA) is 35.5 Å². The normalized spacial score (nSPS) is 25.5. The monoisotopic (exact) mass is 172 g/mol. The third-order valence-corrected chi connectivity index (χ3v) is 1.98. The molecule has 3 nitrogen and oxygen atoms in total. The van der Waals surface area contributed by atoms with Crippen LogP contribution in [0.25, 0.3) is 0 Å². The van der Waals surface area contributed by atoms with Gasteiger partial charge in [-0.05, 0) is 13.3 Å². The highest BCUT2D eigenvalue weighted by atomic mass is 16.6. The van der Waals surface area contributed by atoms with Gasteiger partial charge in [0.15, 0.2) is 6.10 Å². The molecule has 1 aliphatic rings. The summed E-state index contributed by atoms with van der Waals surface area (Å²) in [6.45, 7) is 4.62. The smallest absolute Gasteiger partial charge is 0.335 e. The van der Waals surface area contributed by atoms with E-state index in [0.717, 1.165) is 12.8 Å². The van der Waals surface area contributed by atoms with Gasteiger partial charge in [0, 0.05) is 6.42 Å². The first-order chi connectivity index (χ1) is 5.74. The van der Waals surface area contributed by atoms with Crippen LogP contribution in [0.2, 0.25) is 0 Å². The van der Waals surface area contributed by atoms with Gasteiger partial charge in [0.2, 0.25) is 0 Å².